The Kier molecular flexibility index (Phi) is 3.50. The van der Waals surface area contributed by atoms with E-state index in [1.54, 1.807) is 6.20 Å². The van der Waals surface area contributed by atoms with Crippen LogP contribution in [0.2, 0.25) is 0 Å². The van der Waals surface area contributed by atoms with Crippen molar-refractivity contribution < 1.29 is 0 Å². The third-order valence-electron chi connectivity index (χ3n) is 3.29. The van der Waals surface area contributed by atoms with Gasteiger partial charge in [-0.15, -0.1) is 10.2 Å². The lowest BCUT2D eigenvalue weighted by Crippen LogP contribution is -1.97. The van der Waals surface area contributed by atoms with Gasteiger partial charge in [-0.25, -0.2) is 0 Å². The van der Waals surface area contributed by atoms with Crippen LogP contribution in [0.15, 0.2) is 30.5 Å². The minimum absolute atomic E-state index is 0.252. The van der Waals surface area contributed by atoms with Crippen LogP contribution in [0.3, 0.4) is 0 Å². The Morgan fingerprint density at radius 2 is 2.14 bits per heavy atom. The minimum atomic E-state index is 0.252. The summed E-state index contributed by atoms with van der Waals surface area (Å²) in [5, 5.41) is 26.8. The number of fused-ring (bicyclic) bond motifs is 1. The summed E-state index contributed by atoms with van der Waals surface area (Å²) >= 11 is 0. The SMILES string of the molecule is Cc1ccc2c(NC=C(C#N)c3nn[nH]n3)c(C)ccc2n1. The molecule has 7 heteroatoms. The van der Waals surface area contributed by atoms with Gasteiger partial charge in [0.15, 0.2) is 0 Å². The van der Waals surface area contributed by atoms with E-state index in [-0.39, 0.29) is 5.82 Å². The fraction of sp³-hybridized carbons (Fsp3) is 0.133. The van der Waals surface area contributed by atoms with Crippen molar-refractivity contribution in [3.8, 4) is 6.07 Å². The van der Waals surface area contributed by atoms with Crippen LogP contribution in [0.5, 0.6) is 0 Å². The van der Waals surface area contributed by atoms with E-state index >= 15 is 0 Å². The van der Waals surface area contributed by atoms with Gasteiger partial charge in [0, 0.05) is 17.3 Å². The zero-order valence-electron chi connectivity index (χ0n) is 12.1. The Morgan fingerprint density at radius 1 is 1.27 bits per heavy atom. The summed E-state index contributed by atoms with van der Waals surface area (Å²) in [4.78, 5) is 4.51. The zero-order chi connectivity index (χ0) is 15.5. The fourth-order valence-electron chi connectivity index (χ4n) is 2.17. The molecule has 7 nitrogen and oxygen atoms in total. The molecule has 0 unspecified atom stereocenters. The first kappa shape index (κ1) is 13.7. The minimum Gasteiger partial charge on any atom is -0.360 e. The standard InChI is InChI=1S/C15H13N7/c1-9-3-6-13-12(5-4-10(2)18-13)14(9)17-8-11(7-16)15-19-21-22-20-15/h3-6,8,17H,1-2H3,(H,19,20,21,22). The van der Waals surface area contributed by atoms with Crippen LogP contribution in [0, 0.1) is 25.2 Å². The van der Waals surface area contributed by atoms with E-state index < -0.39 is 0 Å². The number of nitriles is 1. The van der Waals surface area contributed by atoms with Gasteiger partial charge in [0.1, 0.15) is 11.6 Å². The third kappa shape index (κ3) is 2.50. The Morgan fingerprint density at radius 3 is 2.86 bits per heavy atom. The molecule has 2 heterocycles. The number of nitrogens with zero attached hydrogens (tertiary/aromatic N) is 5. The van der Waals surface area contributed by atoms with Gasteiger partial charge in [0.25, 0.3) is 0 Å². The van der Waals surface area contributed by atoms with Gasteiger partial charge in [-0.3, -0.25) is 4.98 Å². The maximum absolute atomic E-state index is 9.20. The number of aromatic nitrogens is 5. The molecule has 0 aliphatic carbocycles. The number of hydrogen-bond acceptors (Lipinski definition) is 6. The molecule has 0 radical (unpaired) electrons. The summed E-state index contributed by atoms with van der Waals surface area (Å²) < 4.78 is 0. The van der Waals surface area contributed by atoms with E-state index in [1.165, 1.54) is 0 Å². The van der Waals surface area contributed by atoms with Crippen molar-refractivity contribution in [1.82, 2.24) is 25.6 Å². The Hall–Kier alpha value is -3.27. The number of hydrogen-bond donors (Lipinski definition) is 2. The van der Waals surface area contributed by atoms with Crippen molar-refractivity contribution in [3.63, 3.8) is 0 Å². The predicted octanol–water partition coefficient (Wildman–Crippen LogP) is 2.34. The second-order valence-electron chi connectivity index (χ2n) is 4.83. The first-order valence-corrected chi connectivity index (χ1v) is 6.66. The average molecular weight is 291 g/mol. The van der Waals surface area contributed by atoms with Crippen molar-refractivity contribution in [2.45, 2.75) is 13.8 Å². The van der Waals surface area contributed by atoms with Crippen LogP contribution in [-0.2, 0) is 0 Å². The summed E-state index contributed by atoms with van der Waals surface area (Å²) in [5.41, 5.74) is 4.12. The molecule has 0 saturated carbocycles. The summed E-state index contributed by atoms with van der Waals surface area (Å²) in [6.07, 6.45) is 1.58. The highest BCUT2D eigenvalue weighted by Crippen LogP contribution is 2.26. The van der Waals surface area contributed by atoms with Crippen LogP contribution in [0.1, 0.15) is 17.1 Å². The quantitative estimate of drug-likeness (QED) is 0.718. The van der Waals surface area contributed by atoms with Crippen LogP contribution >= 0.6 is 0 Å². The summed E-state index contributed by atoms with van der Waals surface area (Å²) in [6.45, 7) is 3.95. The maximum Gasteiger partial charge on any atom is 0.216 e. The number of pyridine rings is 1. The highest BCUT2D eigenvalue weighted by atomic mass is 15.5. The first-order valence-electron chi connectivity index (χ1n) is 6.66. The maximum atomic E-state index is 9.20. The second-order valence-corrected chi connectivity index (χ2v) is 4.83. The van der Waals surface area contributed by atoms with Gasteiger partial charge < -0.3 is 5.32 Å². The van der Waals surface area contributed by atoms with Crippen molar-refractivity contribution in [3.05, 3.63) is 47.5 Å². The second kappa shape index (κ2) is 5.61. The predicted molar refractivity (Wildman–Crippen MR) is 82.6 cm³/mol. The molecule has 0 atom stereocenters. The van der Waals surface area contributed by atoms with E-state index in [0.717, 1.165) is 27.8 Å². The topological polar surface area (TPSA) is 103 Å². The Labute approximate surface area is 126 Å². The molecule has 0 amide bonds. The van der Waals surface area contributed by atoms with Gasteiger partial charge >= 0.3 is 0 Å². The number of H-pyrrole nitrogens is 1. The largest absolute Gasteiger partial charge is 0.360 e. The van der Waals surface area contributed by atoms with E-state index in [0.29, 0.717) is 5.57 Å². The molecular weight excluding hydrogens is 278 g/mol. The molecule has 0 saturated heterocycles. The van der Waals surface area contributed by atoms with Gasteiger partial charge in [0.2, 0.25) is 5.82 Å². The zero-order valence-corrected chi connectivity index (χ0v) is 12.1. The van der Waals surface area contributed by atoms with Crippen molar-refractivity contribution in [2.24, 2.45) is 0 Å². The molecule has 22 heavy (non-hydrogen) atoms. The average Bonchev–Trinajstić information content (AvgIpc) is 3.04. The van der Waals surface area contributed by atoms with Crippen molar-refractivity contribution in [2.75, 3.05) is 5.32 Å². The molecule has 1 aromatic carbocycles. The summed E-state index contributed by atoms with van der Waals surface area (Å²) in [6, 6.07) is 10.00. The van der Waals surface area contributed by atoms with Crippen LogP contribution < -0.4 is 5.32 Å². The van der Waals surface area contributed by atoms with Gasteiger partial charge in [-0.2, -0.15) is 10.5 Å². The highest BCUT2D eigenvalue weighted by molar-refractivity contribution is 5.94. The number of allylic oxidation sites excluding steroid dienone is 1. The monoisotopic (exact) mass is 291 g/mol. The number of aryl methyl sites for hydroxylation is 2. The van der Waals surface area contributed by atoms with Crippen LogP contribution in [0.4, 0.5) is 5.69 Å². The number of nitrogens with one attached hydrogen (secondary N) is 2. The normalized spacial score (nSPS) is 11.4. The molecule has 2 aromatic heterocycles. The van der Waals surface area contributed by atoms with Gasteiger partial charge in [-0.05, 0) is 42.8 Å². The molecule has 2 N–H and O–H groups in total. The Balaban J connectivity index is 2.04. The molecule has 108 valence electrons. The first-order chi connectivity index (χ1) is 10.7. The molecular formula is C15H13N7. The van der Waals surface area contributed by atoms with Crippen LogP contribution in [0.25, 0.3) is 16.5 Å². The van der Waals surface area contributed by atoms with Gasteiger partial charge in [0.05, 0.1) is 11.2 Å². The lowest BCUT2D eigenvalue weighted by molar-refractivity contribution is 0.881. The Bertz CT molecular complexity index is 888. The number of aromatic amines is 1. The van der Waals surface area contributed by atoms with E-state index in [4.69, 9.17) is 0 Å². The van der Waals surface area contributed by atoms with Crippen molar-refractivity contribution >= 4 is 22.2 Å². The van der Waals surface area contributed by atoms with E-state index in [9.17, 15) is 5.26 Å². The number of benzene rings is 1. The smallest absolute Gasteiger partial charge is 0.216 e. The number of anilines is 1. The van der Waals surface area contributed by atoms with Gasteiger partial charge in [-0.1, -0.05) is 6.07 Å². The molecule has 0 bridgehead atoms. The fourth-order valence-corrected chi connectivity index (χ4v) is 2.17. The molecule has 0 spiro atoms. The number of tetrazole rings is 1. The molecule has 0 aliphatic heterocycles. The molecule has 0 aliphatic rings. The van der Waals surface area contributed by atoms with E-state index in [2.05, 4.69) is 30.9 Å². The molecule has 0 fully saturated rings. The lowest BCUT2D eigenvalue weighted by Gasteiger charge is -2.10. The van der Waals surface area contributed by atoms with Crippen LogP contribution in [-0.4, -0.2) is 25.6 Å². The molecule has 3 rings (SSSR count). The summed E-state index contributed by atoms with van der Waals surface area (Å²) in [7, 11) is 0. The van der Waals surface area contributed by atoms with Crippen molar-refractivity contribution in [1.29, 1.82) is 5.26 Å². The van der Waals surface area contributed by atoms with E-state index in [1.807, 2.05) is 44.2 Å². The lowest BCUT2D eigenvalue weighted by atomic mass is 10.1. The molecule has 3 aromatic rings. The highest BCUT2D eigenvalue weighted by Gasteiger charge is 2.08. The number of rotatable bonds is 3. The summed E-state index contributed by atoms with van der Waals surface area (Å²) in [5.74, 6) is 0.252. The third-order valence-corrected chi connectivity index (χ3v) is 3.29.